The van der Waals surface area contributed by atoms with Gasteiger partial charge in [0.15, 0.2) is 0 Å². The number of carbonyl (C=O) groups excluding carboxylic acids is 2. The van der Waals surface area contributed by atoms with E-state index in [0.717, 1.165) is 43.3 Å². The van der Waals surface area contributed by atoms with Gasteiger partial charge in [-0.25, -0.2) is 13.9 Å². The van der Waals surface area contributed by atoms with E-state index in [1.165, 1.54) is 12.1 Å². The fourth-order valence-corrected chi connectivity index (χ4v) is 5.62. The number of nitrogens with one attached hydrogen (secondary N) is 1. The molecule has 0 aliphatic heterocycles. The normalized spacial score (nSPS) is 16.5. The lowest BCUT2D eigenvalue weighted by Gasteiger charge is -2.41. The van der Waals surface area contributed by atoms with Gasteiger partial charge < -0.3 is 20.9 Å². The van der Waals surface area contributed by atoms with Crippen molar-refractivity contribution in [2.24, 2.45) is 11.7 Å². The van der Waals surface area contributed by atoms with Crippen LogP contribution in [0.5, 0.6) is 5.75 Å². The lowest BCUT2D eigenvalue weighted by atomic mass is 9.70. The largest absolute Gasteiger partial charge is 0.491 e. The first kappa shape index (κ1) is 27.8. The van der Waals surface area contributed by atoms with Gasteiger partial charge >= 0.3 is 0 Å². The van der Waals surface area contributed by atoms with Gasteiger partial charge in [0.2, 0.25) is 5.91 Å². The van der Waals surface area contributed by atoms with Crippen molar-refractivity contribution in [3.63, 3.8) is 0 Å². The molecule has 0 saturated heterocycles. The van der Waals surface area contributed by atoms with Crippen LogP contribution in [0.25, 0.3) is 16.8 Å². The standard InChI is InChI=1S/C32H34FN5O4/c1-2-42-30-22(16-28(34)39)15-27(36-29(30)20-8-10-24(33)11-9-20)32(41,23-4-3-5-23)18-35-31(40)21-12-13-38-25(14-21)17-26(37-38)19-6-7-19/h8-15,17,19,23,41H,2-7,16,18H2,1H3,(H2,34,39)(H,35,40)/t32-/m1/s1. The highest BCUT2D eigenvalue weighted by Gasteiger charge is 2.44. The Hall–Kier alpha value is -4.31. The summed E-state index contributed by atoms with van der Waals surface area (Å²) in [5.41, 5.74) is 8.09. The fraction of sp³-hybridized carbons (Fsp3) is 0.375. The van der Waals surface area contributed by atoms with Gasteiger partial charge in [-0.1, -0.05) is 6.42 Å². The molecule has 0 bridgehead atoms. The first-order valence-corrected chi connectivity index (χ1v) is 14.5. The second-order valence-electron chi connectivity index (χ2n) is 11.3. The van der Waals surface area contributed by atoms with Crippen molar-refractivity contribution in [3.05, 3.63) is 83.1 Å². The number of primary amides is 1. The Morgan fingerprint density at radius 2 is 1.90 bits per heavy atom. The molecular weight excluding hydrogens is 537 g/mol. The molecule has 2 aliphatic carbocycles. The third kappa shape index (κ3) is 5.46. The number of ether oxygens (including phenoxy) is 1. The molecule has 1 aromatic carbocycles. The van der Waals surface area contributed by atoms with Crippen LogP contribution in [0.15, 0.2) is 54.7 Å². The first-order valence-electron chi connectivity index (χ1n) is 14.5. The first-order chi connectivity index (χ1) is 20.2. The molecule has 0 unspecified atom stereocenters. The lowest BCUT2D eigenvalue weighted by Crippen LogP contribution is -2.49. The van der Waals surface area contributed by atoms with Gasteiger partial charge in [-0.2, -0.15) is 5.10 Å². The zero-order chi connectivity index (χ0) is 29.4. The zero-order valence-corrected chi connectivity index (χ0v) is 23.5. The van der Waals surface area contributed by atoms with E-state index in [4.69, 9.17) is 15.5 Å². The summed E-state index contributed by atoms with van der Waals surface area (Å²) in [5, 5.41) is 19.8. The minimum absolute atomic E-state index is 0.0892. The maximum Gasteiger partial charge on any atom is 0.251 e. The number of aromatic nitrogens is 3. The highest BCUT2D eigenvalue weighted by atomic mass is 19.1. The number of hydrogen-bond donors (Lipinski definition) is 3. The molecule has 218 valence electrons. The Balaban J connectivity index is 1.35. The summed E-state index contributed by atoms with van der Waals surface area (Å²) >= 11 is 0. The number of aliphatic hydroxyl groups is 1. The van der Waals surface area contributed by atoms with Crippen LogP contribution in [-0.4, -0.2) is 44.7 Å². The number of nitrogens with zero attached hydrogens (tertiary/aromatic N) is 3. The fourth-order valence-electron chi connectivity index (χ4n) is 5.62. The van der Waals surface area contributed by atoms with Gasteiger partial charge in [0, 0.05) is 28.8 Å². The van der Waals surface area contributed by atoms with Crippen molar-refractivity contribution < 1.29 is 23.8 Å². The van der Waals surface area contributed by atoms with Gasteiger partial charge in [0.05, 0.1) is 36.5 Å². The van der Waals surface area contributed by atoms with Crippen molar-refractivity contribution in [3.8, 4) is 17.0 Å². The van der Waals surface area contributed by atoms with Crippen LogP contribution in [0.3, 0.4) is 0 Å². The third-order valence-corrected chi connectivity index (χ3v) is 8.30. The quantitative estimate of drug-likeness (QED) is 0.247. The highest BCUT2D eigenvalue weighted by molar-refractivity contribution is 5.95. The van der Waals surface area contributed by atoms with Gasteiger partial charge in [0.1, 0.15) is 22.9 Å². The Bertz CT molecular complexity index is 1640. The molecule has 2 aliphatic rings. The average molecular weight is 572 g/mol. The molecule has 2 fully saturated rings. The van der Waals surface area contributed by atoms with Crippen LogP contribution in [0.2, 0.25) is 0 Å². The van der Waals surface area contributed by atoms with Crippen molar-refractivity contribution in [1.29, 1.82) is 0 Å². The molecule has 0 spiro atoms. The number of rotatable bonds is 11. The van der Waals surface area contributed by atoms with E-state index in [1.54, 1.807) is 41.0 Å². The molecule has 4 aromatic rings. The van der Waals surface area contributed by atoms with Gasteiger partial charge in [-0.3, -0.25) is 9.59 Å². The summed E-state index contributed by atoms with van der Waals surface area (Å²) in [6.45, 7) is 2.02. The third-order valence-electron chi connectivity index (χ3n) is 8.30. The van der Waals surface area contributed by atoms with Crippen molar-refractivity contribution in [2.75, 3.05) is 13.2 Å². The molecule has 2 saturated carbocycles. The van der Waals surface area contributed by atoms with Crippen LogP contribution < -0.4 is 15.8 Å². The second kappa shape index (κ2) is 11.2. The minimum atomic E-state index is -1.53. The molecule has 6 rings (SSSR count). The van der Waals surface area contributed by atoms with E-state index in [9.17, 15) is 19.1 Å². The molecule has 42 heavy (non-hydrogen) atoms. The smallest absolute Gasteiger partial charge is 0.251 e. The number of fused-ring (bicyclic) bond motifs is 1. The Labute approximate surface area is 242 Å². The number of nitrogens with two attached hydrogens (primary N) is 1. The van der Waals surface area contributed by atoms with Gasteiger partial charge in [-0.05, 0) is 87.1 Å². The average Bonchev–Trinajstić information content (AvgIpc) is 3.70. The number of halogens is 1. The number of benzene rings is 1. The maximum absolute atomic E-state index is 13.8. The Morgan fingerprint density at radius 1 is 1.14 bits per heavy atom. The van der Waals surface area contributed by atoms with Crippen LogP contribution in [0, 0.1) is 11.7 Å². The summed E-state index contributed by atoms with van der Waals surface area (Å²) in [4.78, 5) is 30.2. The molecule has 3 aromatic heterocycles. The molecule has 1 atom stereocenters. The summed E-state index contributed by atoms with van der Waals surface area (Å²) in [7, 11) is 0. The van der Waals surface area contributed by atoms with Crippen LogP contribution >= 0.6 is 0 Å². The van der Waals surface area contributed by atoms with E-state index in [0.29, 0.717) is 46.4 Å². The monoisotopic (exact) mass is 571 g/mol. The van der Waals surface area contributed by atoms with Crippen LogP contribution in [-0.2, 0) is 16.8 Å². The van der Waals surface area contributed by atoms with Crippen LogP contribution in [0.1, 0.15) is 72.3 Å². The number of hydrogen-bond acceptors (Lipinski definition) is 6. The predicted octanol–water partition coefficient (Wildman–Crippen LogP) is 4.26. The molecule has 9 nitrogen and oxygen atoms in total. The van der Waals surface area contributed by atoms with E-state index in [1.807, 2.05) is 13.0 Å². The number of pyridine rings is 2. The highest BCUT2D eigenvalue weighted by Crippen LogP contribution is 2.44. The summed E-state index contributed by atoms with van der Waals surface area (Å²) in [6.07, 6.45) is 6.36. The molecular formula is C32H34FN5O4. The SMILES string of the molecule is CCOc1c(CC(N)=O)cc([C@@](O)(CNC(=O)c2ccn3nc(C4CC4)cc3c2)C2CCC2)nc1-c1ccc(F)cc1. The van der Waals surface area contributed by atoms with E-state index in [2.05, 4.69) is 10.4 Å². The predicted molar refractivity (Wildman–Crippen MR) is 154 cm³/mol. The molecule has 0 radical (unpaired) electrons. The molecule has 3 heterocycles. The van der Waals surface area contributed by atoms with Crippen molar-refractivity contribution in [2.45, 2.75) is 57.0 Å². The van der Waals surface area contributed by atoms with Gasteiger partial charge in [0.25, 0.3) is 5.91 Å². The van der Waals surface area contributed by atoms with Crippen molar-refractivity contribution >= 4 is 17.3 Å². The number of carbonyl (C=O) groups is 2. The van der Waals surface area contributed by atoms with Crippen LogP contribution in [0.4, 0.5) is 4.39 Å². The lowest BCUT2D eigenvalue weighted by molar-refractivity contribution is -0.117. The summed E-state index contributed by atoms with van der Waals surface area (Å²) < 4.78 is 21.5. The van der Waals surface area contributed by atoms with E-state index >= 15 is 0 Å². The molecule has 10 heteroatoms. The van der Waals surface area contributed by atoms with E-state index < -0.39 is 17.3 Å². The van der Waals surface area contributed by atoms with E-state index in [-0.39, 0.29) is 24.8 Å². The number of amides is 2. The zero-order valence-electron chi connectivity index (χ0n) is 23.5. The summed E-state index contributed by atoms with van der Waals surface area (Å²) in [6, 6.07) is 12.9. The maximum atomic E-state index is 13.8. The summed E-state index contributed by atoms with van der Waals surface area (Å²) in [5.74, 6) is -0.613. The Morgan fingerprint density at radius 3 is 2.55 bits per heavy atom. The molecule has 4 N–H and O–H groups in total. The van der Waals surface area contributed by atoms with Gasteiger partial charge in [-0.15, -0.1) is 0 Å². The van der Waals surface area contributed by atoms with Crippen molar-refractivity contribution in [1.82, 2.24) is 19.9 Å². The minimum Gasteiger partial charge on any atom is -0.491 e. The second-order valence-corrected chi connectivity index (χ2v) is 11.3. The molecule has 2 amide bonds. The topological polar surface area (TPSA) is 132 Å². The Kier molecular flexibility index (Phi) is 7.40.